The molecule has 0 heterocycles. The number of alkyl halides is 3. The summed E-state index contributed by atoms with van der Waals surface area (Å²) in [6.45, 7) is -3.09. The number of carbonyl (C=O) groups excluding carboxylic acids is 1. The van der Waals surface area contributed by atoms with Gasteiger partial charge in [-0.25, -0.2) is 4.39 Å². The minimum absolute atomic E-state index is 0.181. The third kappa shape index (κ3) is 3.90. The first kappa shape index (κ1) is 14.8. The fraction of sp³-hybridized carbons (Fsp3) is 0.364. The first-order valence-corrected chi connectivity index (χ1v) is 5.99. The van der Waals surface area contributed by atoms with Crippen LogP contribution in [-0.2, 0) is 21.3 Å². The van der Waals surface area contributed by atoms with Crippen LogP contribution in [0.2, 0.25) is 0 Å². The third-order valence-corrected chi connectivity index (χ3v) is 2.78. The average molecular weight is 327 g/mol. The molecule has 7 heteroatoms. The molecule has 1 aromatic carbocycles. The lowest BCUT2D eigenvalue weighted by molar-refractivity contribution is -0.139. The predicted molar refractivity (Wildman–Crippen MR) is 61.4 cm³/mol. The Kier molecular flexibility index (Phi) is 5.46. The van der Waals surface area contributed by atoms with E-state index in [-0.39, 0.29) is 23.1 Å². The Hall–Kier alpha value is -1.24. The summed E-state index contributed by atoms with van der Waals surface area (Å²) in [6, 6.07) is 1.96. The quantitative estimate of drug-likeness (QED) is 0.616. The summed E-state index contributed by atoms with van der Waals surface area (Å²) in [7, 11) is 1.17. The molecule has 0 N–H and O–H groups in total. The van der Waals surface area contributed by atoms with Gasteiger partial charge >= 0.3 is 12.6 Å². The molecule has 0 bridgehead atoms. The van der Waals surface area contributed by atoms with Gasteiger partial charge in [-0.2, -0.15) is 8.78 Å². The fourth-order valence-corrected chi connectivity index (χ4v) is 1.90. The van der Waals surface area contributed by atoms with Crippen molar-refractivity contribution >= 4 is 21.9 Å². The van der Waals surface area contributed by atoms with Crippen LogP contribution in [0.5, 0.6) is 5.75 Å². The van der Waals surface area contributed by atoms with Gasteiger partial charge in [0.2, 0.25) is 0 Å². The van der Waals surface area contributed by atoms with Gasteiger partial charge in [0, 0.05) is 17.0 Å². The van der Waals surface area contributed by atoms with Crippen molar-refractivity contribution in [1.82, 2.24) is 0 Å². The largest absolute Gasteiger partial charge is 0.469 e. The normalized spacial score (nSPS) is 10.6. The molecule has 0 amide bonds. The van der Waals surface area contributed by atoms with E-state index in [1.165, 1.54) is 7.11 Å². The van der Waals surface area contributed by atoms with Crippen LogP contribution in [0.4, 0.5) is 13.2 Å². The summed E-state index contributed by atoms with van der Waals surface area (Å²) >= 11 is 3.09. The number of hydrogen-bond donors (Lipinski definition) is 0. The van der Waals surface area contributed by atoms with Crippen LogP contribution in [0.3, 0.4) is 0 Å². The summed E-state index contributed by atoms with van der Waals surface area (Å²) in [6.07, 6.45) is -0.264. The Labute approximate surface area is 110 Å². The third-order valence-electron chi connectivity index (χ3n) is 2.17. The second-order valence-electron chi connectivity index (χ2n) is 3.31. The number of methoxy groups -OCH3 is 1. The molecule has 0 aliphatic rings. The highest BCUT2D eigenvalue weighted by molar-refractivity contribution is 9.08. The van der Waals surface area contributed by atoms with Gasteiger partial charge in [0.1, 0.15) is 11.6 Å². The molecule has 0 aliphatic carbocycles. The maximum Gasteiger partial charge on any atom is 0.387 e. The van der Waals surface area contributed by atoms with E-state index in [4.69, 9.17) is 0 Å². The number of benzene rings is 1. The minimum Gasteiger partial charge on any atom is -0.469 e. The second-order valence-corrected chi connectivity index (χ2v) is 3.87. The van der Waals surface area contributed by atoms with Gasteiger partial charge < -0.3 is 9.47 Å². The van der Waals surface area contributed by atoms with E-state index >= 15 is 0 Å². The Balaban J connectivity index is 3.19. The smallest absolute Gasteiger partial charge is 0.387 e. The summed E-state index contributed by atoms with van der Waals surface area (Å²) < 4.78 is 46.3. The molecule has 3 nitrogen and oxygen atoms in total. The van der Waals surface area contributed by atoms with E-state index in [1.807, 2.05) is 0 Å². The number of carbonyl (C=O) groups is 1. The van der Waals surface area contributed by atoms with Gasteiger partial charge in [0.05, 0.1) is 13.5 Å². The highest BCUT2D eigenvalue weighted by Gasteiger charge is 2.18. The number of halogens is 4. The van der Waals surface area contributed by atoms with Gasteiger partial charge in [-0.3, -0.25) is 4.79 Å². The number of rotatable bonds is 5. The second kappa shape index (κ2) is 6.63. The average Bonchev–Trinajstić information content (AvgIpc) is 2.30. The standard InChI is InChI=1S/C11H10BrF3O3/c1-17-10(16)4-8-6(5-12)2-7(13)3-9(8)18-11(14)15/h2-3,11H,4-5H2,1H3. The Morgan fingerprint density at radius 1 is 1.44 bits per heavy atom. The monoisotopic (exact) mass is 326 g/mol. The van der Waals surface area contributed by atoms with Crippen LogP contribution >= 0.6 is 15.9 Å². The summed E-state index contributed by atoms with van der Waals surface area (Å²) in [4.78, 5) is 11.2. The fourth-order valence-electron chi connectivity index (χ4n) is 1.40. The van der Waals surface area contributed by atoms with Crippen molar-refractivity contribution in [2.45, 2.75) is 18.4 Å². The number of ether oxygens (including phenoxy) is 2. The topological polar surface area (TPSA) is 35.5 Å². The van der Waals surface area contributed by atoms with Gasteiger partial charge in [0.15, 0.2) is 0 Å². The maximum absolute atomic E-state index is 13.2. The molecule has 0 saturated carbocycles. The van der Waals surface area contributed by atoms with Crippen LogP contribution in [-0.4, -0.2) is 19.7 Å². The molecule has 0 fully saturated rings. The molecule has 0 aromatic heterocycles. The predicted octanol–water partition coefficient (Wildman–Crippen LogP) is 3.04. The zero-order chi connectivity index (χ0) is 13.7. The Bertz CT molecular complexity index is 438. The van der Waals surface area contributed by atoms with E-state index < -0.39 is 18.4 Å². The van der Waals surface area contributed by atoms with Crippen LogP contribution in [0.25, 0.3) is 0 Å². The van der Waals surface area contributed by atoms with E-state index in [9.17, 15) is 18.0 Å². The van der Waals surface area contributed by atoms with Crippen LogP contribution in [0.15, 0.2) is 12.1 Å². The van der Waals surface area contributed by atoms with Crippen LogP contribution in [0, 0.1) is 5.82 Å². The van der Waals surface area contributed by atoms with E-state index in [2.05, 4.69) is 25.4 Å². The lowest BCUT2D eigenvalue weighted by atomic mass is 10.0. The molecule has 18 heavy (non-hydrogen) atoms. The minimum atomic E-state index is -3.09. The number of esters is 1. The molecular formula is C11H10BrF3O3. The van der Waals surface area contributed by atoms with E-state index in [0.717, 1.165) is 12.1 Å². The van der Waals surface area contributed by atoms with Crippen molar-refractivity contribution in [2.24, 2.45) is 0 Å². The van der Waals surface area contributed by atoms with E-state index in [0.29, 0.717) is 5.56 Å². The highest BCUT2D eigenvalue weighted by atomic mass is 79.9. The molecular weight excluding hydrogens is 317 g/mol. The summed E-state index contributed by atoms with van der Waals surface area (Å²) in [5, 5.41) is 0.205. The SMILES string of the molecule is COC(=O)Cc1c(CBr)cc(F)cc1OC(F)F. The molecule has 0 atom stereocenters. The number of hydrogen-bond acceptors (Lipinski definition) is 3. The van der Waals surface area contributed by atoms with Crippen molar-refractivity contribution in [1.29, 1.82) is 0 Å². The molecule has 0 aliphatic heterocycles. The Morgan fingerprint density at radius 3 is 2.61 bits per heavy atom. The van der Waals surface area contributed by atoms with Crippen molar-refractivity contribution < 1.29 is 27.4 Å². The van der Waals surface area contributed by atoms with Gasteiger partial charge in [0.25, 0.3) is 0 Å². The van der Waals surface area contributed by atoms with Gasteiger partial charge in [-0.1, -0.05) is 15.9 Å². The van der Waals surface area contributed by atoms with Crippen molar-refractivity contribution in [3.63, 3.8) is 0 Å². The van der Waals surface area contributed by atoms with Crippen LogP contribution < -0.4 is 4.74 Å². The molecule has 1 rings (SSSR count). The molecule has 0 saturated heterocycles. The van der Waals surface area contributed by atoms with Gasteiger partial charge in [-0.05, 0) is 11.6 Å². The molecule has 0 spiro atoms. The summed E-state index contributed by atoms with van der Waals surface area (Å²) in [5.74, 6) is -1.69. The lowest BCUT2D eigenvalue weighted by Crippen LogP contribution is -2.11. The van der Waals surface area contributed by atoms with Crippen molar-refractivity contribution in [3.05, 3.63) is 29.1 Å². The molecule has 0 unspecified atom stereocenters. The molecule has 1 aromatic rings. The zero-order valence-corrected chi connectivity index (χ0v) is 11.0. The lowest BCUT2D eigenvalue weighted by Gasteiger charge is -2.13. The summed E-state index contributed by atoms with van der Waals surface area (Å²) in [5.41, 5.74) is 0.538. The first-order valence-electron chi connectivity index (χ1n) is 4.86. The molecule has 0 radical (unpaired) electrons. The van der Waals surface area contributed by atoms with E-state index in [1.54, 1.807) is 0 Å². The first-order chi connectivity index (χ1) is 8.47. The van der Waals surface area contributed by atoms with Gasteiger partial charge in [-0.15, -0.1) is 0 Å². The van der Waals surface area contributed by atoms with Crippen molar-refractivity contribution in [2.75, 3.05) is 7.11 Å². The zero-order valence-electron chi connectivity index (χ0n) is 9.38. The van der Waals surface area contributed by atoms with Crippen molar-refractivity contribution in [3.8, 4) is 5.75 Å². The van der Waals surface area contributed by atoms with Crippen LogP contribution in [0.1, 0.15) is 11.1 Å². The molecule has 100 valence electrons. The highest BCUT2D eigenvalue weighted by Crippen LogP contribution is 2.28. The maximum atomic E-state index is 13.2. The Morgan fingerprint density at radius 2 is 2.11 bits per heavy atom.